The fourth-order valence-corrected chi connectivity index (χ4v) is 2.79. The Bertz CT molecular complexity index is 460. The number of ether oxygens (including phenoxy) is 1. The van der Waals surface area contributed by atoms with Crippen LogP contribution in [0.3, 0.4) is 0 Å². The highest BCUT2D eigenvalue weighted by Gasteiger charge is 2.23. The van der Waals surface area contributed by atoms with E-state index in [4.69, 9.17) is 4.74 Å². The highest BCUT2D eigenvalue weighted by atomic mass is 16.5. The van der Waals surface area contributed by atoms with Crippen LogP contribution in [0.4, 0.5) is 0 Å². The van der Waals surface area contributed by atoms with Crippen molar-refractivity contribution in [3.63, 3.8) is 0 Å². The molecule has 1 aromatic rings. The van der Waals surface area contributed by atoms with E-state index in [1.807, 2.05) is 20.0 Å². The molecule has 1 aliphatic heterocycles. The van der Waals surface area contributed by atoms with Crippen LogP contribution in [-0.2, 0) is 11.3 Å². The third-order valence-electron chi connectivity index (χ3n) is 3.92. The summed E-state index contributed by atoms with van der Waals surface area (Å²) in [4.78, 5) is 17.9. The van der Waals surface area contributed by atoms with Gasteiger partial charge in [-0.1, -0.05) is 6.42 Å². The van der Waals surface area contributed by atoms with E-state index in [-0.39, 0.29) is 6.04 Å². The Morgan fingerprint density at radius 3 is 2.95 bits per heavy atom. The van der Waals surface area contributed by atoms with Gasteiger partial charge in [0.25, 0.3) is 0 Å². The van der Waals surface area contributed by atoms with Crippen molar-refractivity contribution in [3.8, 4) is 5.75 Å². The normalized spacial score (nSPS) is 20.3. The van der Waals surface area contributed by atoms with Crippen LogP contribution in [0.25, 0.3) is 0 Å². The van der Waals surface area contributed by atoms with Crippen LogP contribution in [0.15, 0.2) is 6.20 Å². The number of rotatable bonds is 4. The lowest BCUT2D eigenvalue weighted by molar-refractivity contribution is -0.113. The molecule has 1 aromatic heterocycles. The van der Waals surface area contributed by atoms with Crippen LogP contribution in [-0.4, -0.2) is 35.9 Å². The minimum atomic E-state index is 0.0437. The molecule has 0 bridgehead atoms. The molecule has 4 heteroatoms. The first-order valence-corrected chi connectivity index (χ1v) is 6.85. The zero-order valence-electron chi connectivity index (χ0n) is 12.0. The van der Waals surface area contributed by atoms with Crippen LogP contribution in [0.2, 0.25) is 0 Å². The van der Waals surface area contributed by atoms with E-state index in [2.05, 4.69) is 9.88 Å². The summed E-state index contributed by atoms with van der Waals surface area (Å²) in [7, 11) is 1.69. The van der Waals surface area contributed by atoms with Crippen molar-refractivity contribution < 1.29 is 9.53 Å². The third kappa shape index (κ3) is 2.95. The first kappa shape index (κ1) is 14.0. The quantitative estimate of drug-likeness (QED) is 0.781. The average Bonchev–Trinajstić information content (AvgIpc) is 2.43. The summed E-state index contributed by atoms with van der Waals surface area (Å²) in [6, 6.07) is 0.0437. The molecule has 4 nitrogen and oxygen atoms in total. The molecule has 0 aliphatic carbocycles. The zero-order valence-corrected chi connectivity index (χ0v) is 12.0. The Morgan fingerprint density at radius 2 is 2.26 bits per heavy atom. The number of hydrogen-bond donors (Lipinski definition) is 0. The average molecular weight is 262 g/mol. The number of carbonyl (C=O) groups excluding carboxylic acids is 1. The molecule has 1 fully saturated rings. The first-order chi connectivity index (χ1) is 9.17. The van der Waals surface area contributed by atoms with Gasteiger partial charge in [0.15, 0.2) is 0 Å². The van der Waals surface area contributed by atoms with E-state index >= 15 is 0 Å². The molecular formula is C15H22N2O2. The second-order valence-electron chi connectivity index (χ2n) is 5.22. The fraction of sp³-hybridized carbons (Fsp3) is 0.600. The van der Waals surface area contributed by atoms with E-state index in [0.29, 0.717) is 0 Å². The second kappa shape index (κ2) is 6.15. The van der Waals surface area contributed by atoms with Crippen LogP contribution >= 0.6 is 0 Å². The van der Waals surface area contributed by atoms with Crippen molar-refractivity contribution in [2.45, 2.75) is 45.7 Å². The standard InChI is InChI=1S/C15H22N2O2/c1-11-8-16-14(12(2)15(11)19-3)9-17-7-5-4-6-13(17)10-18/h8,10,13H,4-7,9H2,1-3H3. The van der Waals surface area contributed by atoms with Crippen molar-refractivity contribution in [1.82, 2.24) is 9.88 Å². The second-order valence-corrected chi connectivity index (χ2v) is 5.22. The van der Waals surface area contributed by atoms with Gasteiger partial charge in [-0.05, 0) is 33.2 Å². The van der Waals surface area contributed by atoms with E-state index in [0.717, 1.165) is 61.2 Å². The molecule has 104 valence electrons. The number of carbonyl (C=O) groups is 1. The molecule has 19 heavy (non-hydrogen) atoms. The largest absolute Gasteiger partial charge is 0.496 e. The molecule has 0 radical (unpaired) electrons. The Kier molecular flexibility index (Phi) is 4.53. The highest BCUT2D eigenvalue weighted by molar-refractivity contribution is 5.57. The van der Waals surface area contributed by atoms with Gasteiger partial charge in [0.05, 0.1) is 18.8 Å². The fourth-order valence-electron chi connectivity index (χ4n) is 2.79. The minimum absolute atomic E-state index is 0.0437. The molecule has 0 amide bonds. The van der Waals surface area contributed by atoms with Crippen LogP contribution < -0.4 is 4.74 Å². The number of aldehydes is 1. The van der Waals surface area contributed by atoms with Crippen molar-refractivity contribution in [1.29, 1.82) is 0 Å². The topological polar surface area (TPSA) is 42.4 Å². The number of aromatic nitrogens is 1. The summed E-state index contributed by atoms with van der Waals surface area (Å²) in [6.07, 6.45) is 6.18. The number of aryl methyl sites for hydroxylation is 1. The summed E-state index contributed by atoms with van der Waals surface area (Å²) in [5.41, 5.74) is 3.14. The minimum Gasteiger partial charge on any atom is -0.496 e. The van der Waals surface area contributed by atoms with Crippen molar-refractivity contribution >= 4 is 6.29 Å². The molecule has 1 aliphatic rings. The Morgan fingerprint density at radius 1 is 1.47 bits per heavy atom. The molecule has 1 atom stereocenters. The number of pyridine rings is 1. The van der Waals surface area contributed by atoms with E-state index in [9.17, 15) is 4.79 Å². The monoisotopic (exact) mass is 262 g/mol. The van der Waals surface area contributed by atoms with Crippen molar-refractivity contribution in [3.05, 3.63) is 23.0 Å². The first-order valence-electron chi connectivity index (χ1n) is 6.85. The van der Waals surface area contributed by atoms with Gasteiger partial charge in [0.2, 0.25) is 0 Å². The number of hydrogen-bond acceptors (Lipinski definition) is 4. The van der Waals surface area contributed by atoms with Gasteiger partial charge in [0.1, 0.15) is 12.0 Å². The van der Waals surface area contributed by atoms with Gasteiger partial charge in [-0.25, -0.2) is 0 Å². The highest BCUT2D eigenvalue weighted by Crippen LogP contribution is 2.26. The summed E-state index contributed by atoms with van der Waals surface area (Å²) in [5, 5.41) is 0. The van der Waals surface area contributed by atoms with Gasteiger partial charge in [-0.15, -0.1) is 0 Å². The molecule has 0 saturated carbocycles. The molecular weight excluding hydrogens is 240 g/mol. The van der Waals surface area contributed by atoms with Gasteiger partial charge in [-0.3, -0.25) is 9.88 Å². The maximum atomic E-state index is 11.1. The molecule has 0 aromatic carbocycles. The SMILES string of the molecule is COc1c(C)cnc(CN2CCCCC2C=O)c1C. The summed E-state index contributed by atoms with van der Waals surface area (Å²) >= 11 is 0. The van der Waals surface area contributed by atoms with Crippen LogP contribution in [0, 0.1) is 13.8 Å². The number of methoxy groups -OCH3 is 1. The van der Waals surface area contributed by atoms with Gasteiger partial charge < -0.3 is 9.53 Å². The maximum absolute atomic E-state index is 11.1. The number of piperidine rings is 1. The van der Waals surface area contributed by atoms with Crippen molar-refractivity contribution in [2.24, 2.45) is 0 Å². The molecule has 0 spiro atoms. The summed E-state index contributed by atoms with van der Waals surface area (Å²) in [5.74, 6) is 0.907. The van der Waals surface area contributed by atoms with E-state index < -0.39 is 0 Å². The Hall–Kier alpha value is -1.42. The predicted octanol–water partition coefficient (Wildman–Crippen LogP) is 2.26. The molecule has 0 N–H and O–H groups in total. The lowest BCUT2D eigenvalue weighted by Crippen LogP contribution is -2.40. The maximum Gasteiger partial charge on any atom is 0.137 e. The van der Waals surface area contributed by atoms with E-state index in [1.165, 1.54) is 0 Å². The number of nitrogens with zero attached hydrogens (tertiary/aromatic N) is 2. The van der Waals surface area contributed by atoms with Gasteiger partial charge >= 0.3 is 0 Å². The van der Waals surface area contributed by atoms with E-state index in [1.54, 1.807) is 7.11 Å². The molecule has 2 rings (SSSR count). The molecule has 1 unspecified atom stereocenters. The Balaban J connectivity index is 2.20. The van der Waals surface area contributed by atoms with Crippen LogP contribution in [0.1, 0.15) is 36.1 Å². The molecule has 1 saturated heterocycles. The lowest BCUT2D eigenvalue weighted by Gasteiger charge is -2.32. The zero-order chi connectivity index (χ0) is 13.8. The number of likely N-dealkylation sites (tertiary alicyclic amines) is 1. The van der Waals surface area contributed by atoms with Gasteiger partial charge in [-0.2, -0.15) is 0 Å². The summed E-state index contributed by atoms with van der Waals surface area (Å²) in [6.45, 7) is 5.73. The lowest BCUT2D eigenvalue weighted by atomic mass is 10.0. The third-order valence-corrected chi connectivity index (χ3v) is 3.92. The van der Waals surface area contributed by atoms with Gasteiger partial charge in [0, 0.05) is 23.9 Å². The predicted molar refractivity (Wildman–Crippen MR) is 74.4 cm³/mol. The summed E-state index contributed by atoms with van der Waals surface area (Å²) < 4.78 is 5.43. The Labute approximate surface area is 114 Å². The smallest absolute Gasteiger partial charge is 0.137 e. The molecule has 2 heterocycles. The van der Waals surface area contributed by atoms with Crippen molar-refractivity contribution in [2.75, 3.05) is 13.7 Å². The van der Waals surface area contributed by atoms with Crippen LogP contribution in [0.5, 0.6) is 5.75 Å².